The molecule has 3 rings (SSSR count). The third-order valence-corrected chi connectivity index (χ3v) is 4.08. The second-order valence-corrected chi connectivity index (χ2v) is 6.18. The first-order valence-corrected chi connectivity index (χ1v) is 8.75. The van der Waals surface area contributed by atoms with Gasteiger partial charge in [0.15, 0.2) is 5.58 Å². The Morgan fingerprint density at radius 3 is 2.81 bits per heavy atom. The number of carbonyl (C=O) groups excluding carboxylic acids is 1. The highest BCUT2D eigenvalue weighted by atomic mass is 35.5. The summed E-state index contributed by atoms with van der Waals surface area (Å²) in [4.78, 5) is 23.9. The second-order valence-electron chi connectivity index (χ2n) is 5.75. The van der Waals surface area contributed by atoms with Crippen molar-refractivity contribution < 1.29 is 13.9 Å². The van der Waals surface area contributed by atoms with Gasteiger partial charge in [-0.1, -0.05) is 29.8 Å². The van der Waals surface area contributed by atoms with Crippen LogP contribution in [0.5, 0.6) is 5.75 Å². The fraction of sp³-hybridized carbons (Fsp3) is 0.263. The maximum atomic E-state index is 12.0. The van der Waals surface area contributed by atoms with E-state index in [4.69, 9.17) is 20.8 Å². The number of benzene rings is 2. The molecule has 1 heterocycles. The predicted octanol–water partition coefficient (Wildman–Crippen LogP) is 3.22. The molecule has 0 aliphatic rings. The molecule has 0 radical (unpaired) electrons. The summed E-state index contributed by atoms with van der Waals surface area (Å²) in [6, 6.07) is 14.5. The molecule has 26 heavy (non-hydrogen) atoms. The maximum absolute atomic E-state index is 12.0. The number of hydrogen-bond acceptors (Lipinski definition) is 4. The molecule has 0 aliphatic carbocycles. The van der Waals surface area contributed by atoms with Crippen LogP contribution in [0.2, 0.25) is 5.02 Å². The molecule has 0 bridgehead atoms. The first kappa shape index (κ1) is 18.1. The van der Waals surface area contributed by atoms with Crippen molar-refractivity contribution in [1.82, 2.24) is 9.88 Å². The van der Waals surface area contributed by atoms with Gasteiger partial charge in [-0.05, 0) is 30.7 Å². The monoisotopic (exact) mass is 374 g/mol. The van der Waals surface area contributed by atoms with Crippen LogP contribution >= 0.6 is 11.6 Å². The maximum Gasteiger partial charge on any atom is 0.419 e. The quantitative estimate of drug-likeness (QED) is 0.614. The Morgan fingerprint density at radius 2 is 2.00 bits per heavy atom. The SMILES string of the molecule is O=C(CCn1c(=O)oc2cc(Cl)ccc21)NCCCOc1ccccc1. The average Bonchev–Trinajstić information content (AvgIpc) is 2.94. The zero-order chi connectivity index (χ0) is 18.4. The van der Waals surface area contributed by atoms with Crippen molar-refractivity contribution in [3.05, 3.63) is 64.1 Å². The van der Waals surface area contributed by atoms with Crippen LogP contribution in [-0.2, 0) is 11.3 Å². The van der Waals surface area contributed by atoms with Gasteiger partial charge in [0.05, 0.1) is 12.1 Å². The minimum atomic E-state index is -0.494. The van der Waals surface area contributed by atoms with E-state index in [-0.39, 0.29) is 18.9 Å². The van der Waals surface area contributed by atoms with Crippen molar-refractivity contribution in [3.63, 3.8) is 0 Å². The number of aromatic nitrogens is 1. The molecule has 2 aromatic carbocycles. The molecule has 1 aromatic heterocycles. The van der Waals surface area contributed by atoms with Crippen LogP contribution in [0, 0.1) is 0 Å². The van der Waals surface area contributed by atoms with Gasteiger partial charge in [0.1, 0.15) is 5.75 Å². The van der Waals surface area contributed by atoms with Crippen molar-refractivity contribution in [3.8, 4) is 5.75 Å². The molecule has 7 heteroatoms. The molecule has 0 saturated carbocycles. The highest BCUT2D eigenvalue weighted by Crippen LogP contribution is 2.18. The van der Waals surface area contributed by atoms with E-state index in [9.17, 15) is 9.59 Å². The normalized spacial score (nSPS) is 10.8. The Labute approximate surface area is 155 Å². The Balaban J connectivity index is 1.42. The topological polar surface area (TPSA) is 73.5 Å². The van der Waals surface area contributed by atoms with Gasteiger partial charge < -0.3 is 14.5 Å². The first-order chi connectivity index (χ1) is 12.6. The molecule has 6 nitrogen and oxygen atoms in total. The van der Waals surface area contributed by atoms with E-state index >= 15 is 0 Å². The lowest BCUT2D eigenvalue weighted by Crippen LogP contribution is -2.27. The van der Waals surface area contributed by atoms with Crippen molar-refractivity contribution >= 4 is 28.6 Å². The fourth-order valence-electron chi connectivity index (χ4n) is 2.56. The summed E-state index contributed by atoms with van der Waals surface area (Å²) < 4.78 is 12.1. The summed E-state index contributed by atoms with van der Waals surface area (Å²) in [5.74, 6) is 0.191. The molecule has 0 saturated heterocycles. The van der Waals surface area contributed by atoms with E-state index in [1.807, 2.05) is 30.3 Å². The average molecular weight is 375 g/mol. The molecule has 1 amide bonds. The number of nitrogens with one attached hydrogen (secondary N) is 1. The van der Waals surface area contributed by atoms with Gasteiger partial charge in [0, 0.05) is 30.6 Å². The molecule has 0 fully saturated rings. The Hall–Kier alpha value is -2.73. The number of rotatable bonds is 8. The summed E-state index contributed by atoms with van der Waals surface area (Å²) in [5, 5.41) is 3.32. The smallest absolute Gasteiger partial charge is 0.419 e. The van der Waals surface area contributed by atoms with E-state index in [1.54, 1.807) is 18.2 Å². The van der Waals surface area contributed by atoms with E-state index in [1.165, 1.54) is 4.57 Å². The molecular weight excluding hydrogens is 356 g/mol. The van der Waals surface area contributed by atoms with Gasteiger partial charge in [-0.3, -0.25) is 9.36 Å². The van der Waals surface area contributed by atoms with Gasteiger partial charge >= 0.3 is 5.76 Å². The Morgan fingerprint density at radius 1 is 1.19 bits per heavy atom. The molecule has 3 aromatic rings. The third-order valence-electron chi connectivity index (χ3n) is 3.85. The molecule has 0 spiro atoms. The van der Waals surface area contributed by atoms with E-state index in [0.717, 1.165) is 5.75 Å². The Kier molecular flexibility index (Phi) is 5.96. The van der Waals surface area contributed by atoms with Crippen LogP contribution in [0.1, 0.15) is 12.8 Å². The molecule has 0 atom stereocenters. The number of halogens is 1. The van der Waals surface area contributed by atoms with Crippen LogP contribution in [0.4, 0.5) is 0 Å². The van der Waals surface area contributed by atoms with Crippen molar-refractivity contribution in [1.29, 1.82) is 0 Å². The number of oxazole rings is 1. The van der Waals surface area contributed by atoms with Gasteiger partial charge in [0.2, 0.25) is 5.91 Å². The number of carbonyl (C=O) groups is 1. The highest BCUT2D eigenvalue weighted by molar-refractivity contribution is 6.31. The van der Waals surface area contributed by atoms with Crippen molar-refractivity contribution in [2.24, 2.45) is 0 Å². The number of aryl methyl sites for hydroxylation is 1. The lowest BCUT2D eigenvalue weighted by molar-refractivity contribution is -0.121. The minimum Gasteiger partial charge on any atom is -0.494 e. The molecule has 0 aliphatic heterocycles. The molecular formula is C19H19ClN2O4. The first-order valence-electron chi connectivity index (χ1n) is 8.37. The van der Waals surface area contributed by atoms with E-state index in [2.05, 4.69) is 5.32 Å². The summed E-state index contributed by atoms with van der Waals surface area (Å²) in [6.07, 6.45) is 0.893. The fourth-order valence-corrected chi connectivity index (χ4v) is 2.72. The van der Waals surface area contributed by atoms with E-state index < -0.39 is 5.76 Å². The molecule has 1 N–H and O–H groups in total. The molecule has 0 unspecified atom stereocenters. The number of para-hydroxylation sites is 1. The number of nitrogens with zero attached hydrogens (tertiary/aromatic N) is 1. The second kappa shape index (κ2) is 8.58. The number of amides is 1. The van der Waals surface area contributed by atoms with Crippen molar-refractivity contribution in [2.45, 2.75) is 19.4 Å². The lowest BCUT2D eigenvalue weighted by Gasteiger charge is -2.07. The zero-order valence-electron chi connectivity index (χ0n) is 14.1. The number of fused-ring (bicyclic) bond motifs is 1. The van der Waals surface area contributed by atoms with Gasteiger partial charge in [-0.2, -0.15) is 0 Å². The number of ether oxygens (including phenoxy) is 1. The minimum absolute atomic E-state index is 0.125. The summed E-state index contributed by atoms with van der Waals surface area (Å²) in [7, 11) is 0. The van der Waals surface area contributed by atoms with Crippen LogP contribution in [0.3, 0.4) is 0 Å². The lowest BCUT2D eigenvalue weighted by atomic mass is 10.3. The van der Waals surface area contributed by atoms with Gasteiger partial charge in [-0.25, -0.2) is 4.79 Å². The summed E-state index contributed by atoms with van der Waals surface area (Å²) in [5.41, 5.74) is 1.05. The van der Waals surface area contributed by atoms with Crippen LogP contribution in [0.15, 0.2) is 57.7 Å². The molecule has 136 valence electrons. The standard InChI is InChI=1S/C19H19ClN2O4/c20-14-7-8-16-17(13-14)26-19(24)22(16)11-9-18(23)21-10-4-12-25-15-5-2-1-3-6-15/h1-3,5-8,13H,4,9-12H2,(H,21,23). The Bertz CT molecular complexity index is 934. The highest BCUT2D eigenvalue weighted by Gasteiger charge is 2.11. The largest absolute Gasteiger partial charge is 0.494 e. The van der Waals surface area contributed by atoms with Crippen molar-refractivity contribution in [2.75, 3.05) is 13.2 Å². The third kappa shape index (κ3) is 4.67. The van der Waals surface area contributed by atoms with Crippen LogP contribution in [0.25, 0.3) is 11.1 Å². The summed E-state index contributed by atoms with van der Waals surface area (Å²) >= 11 is 5.88. The zero-order valence-corrected chi connectivity index (χ0v) is 14.9. The number of hydrogen-bond donors (Lipinski definition) is 1. The van der Waals surface area contributed by atoms with Gasteiger partial charge in [-0.15, -0.1) is 0 Å². The van der Waals surface area contributed by atoms with Crippen LogP contribution in [-0.4, -0.2) is 23.6 Å². The summed E-state index contributed by atoms with van der Waals surface area (Å²) in [6.45, 7) is 1.29. The predicted molar refractivity (Wildman–Crippen MR) is 99.7 cm³/mol. The van der Waals surface area contributed by atoms with Crippen LogP contribution < -0.4 is 15.8 Å². The van der Waals surface area contributed by atoms with E-state index in [0.29, 0.717) is 35.7 Å². The van der Waals surface area contributed by atoms with Gasteiger partial charge in [0.25, 0.3) is 0 Å².